The highest BCUT2D eigenvalue weighted by molar-refractivity contribution is 7.92. The number of ether oxygens (including phenoxy) is 1. The zero-order valence-corrected chi connectivity index (χ0v) is 25.6. The van der Waals surface area contributed by atoms with Crippen LogP contribution in [-0.2, 0) is 26.2 Å². The molecule has 1 N–H and O–H groups in total. The van der Waals surface area contributed by atoms with E-state index in [9.17, 15) is 18.0 Å². The smallest absolute Gasteiger partial charge is 0.264 e. The van der Waals surface area contributed by atoms with Gasteiger partial charge in [-0.2, -0.15) is 0 Å². The average Bonchev–Trinajstić information content (AvgIpc) is 3.00. The fourth-order valence-electron chi connectivity index (χ4n) is 5.14. The lowest BCUT2D eigenvalue weighted by molar-refractivity contribution is -0.139. The summed E-state index contributed by atoms with van der Waals surface area (Å²) in [7, 11) is -4.19. The molecule has 224 valence electrons. The monoisotopic (exact) mass is 611 g/mol. The number of nitrogens with zero attached hydrogens (tertiary/aromatic N) is 2. The summed E-state index contributed by atoms with van der Waals surface area (Å²) in [6, 6.07) is 20.9. The molecule has 1 aliphatic rings. The number of hydrogen-bond donors (Lipinski definition) is 1. The zero-order valence-electron chi connectivity index (χ0n) is 24.0. The van der Waals surface area contributed by atoms with E-state index in [4.69, 9.17) is 16.3 Å². The summed E-state index contributed by atoms with van der Waals surface area (Å²) in [5.41, 5.74) is 0.880. The lowest BCUT2D eigenvalue weighted by atomic mass is 9.95. The van der Waals surface area contributed by atoms with Crippen molar-refractivity contribution < 1.29 is 22.7 Å². The third-order valence-electron chi connectivity index (χ3n) is 7.46. The maximum atomic E-state index is 14.2. The average molecular weight is 612 g/mol. The van der Waals surface area contributed by atoms with E-state index < -0.39 is 28.5 Å². The molecule has 1 saturated carbocycles. The van der Waals surface area contributed by atoms with Gasteiger partial charge in [0.25, 0.3) is 10.0 Å². The van der Waals surface area contributed by atoms with Crippen molar-refractivity contribution in [3.05, 3.63) is 89.4 Å². The highest BCUT2D eigenvalue weighted by Crippen LogP contribution is 2.33. The number of carbonyl (C=O) groups excluding carboxylic acids is 2. The number of sulfonamides is 1. The summed E-state index contributed by atoms with van der Waals surface area (Å²) in [6.45, 7) is 3.26. The Morgan fingerprint density at radius 2 is 1.60 bits per heavy atom. The molecule has 0 aromatic heterocycles. The van der Waals surface area contributed by atoms with E-state index in [1.54, 1.807) is 80.6 Å². The summed E-state index contributed by atoms with van der Waals surface area (Å²) >= 11 is 6.46. The number of halogens is 1. The van der Waals surface area contributed by atoms with Gasteiger partial charge in [0.05, 0.1) is 17.2 Å². The first-order chi connectivity index (χ1) is 20.2. The van der Waals surface area contributed by atoms with Crippen molar-refractivity contribution in [2.24, 2.45) is 0 Å². The van der Waals surface area contributed by atoms with E-state index >= 15 is 0 Å². The molecular formula is C32H38ClN3O5S. The molecule has 3 aromatic carbocycles. The predicted molar refractivity (Wildman–Crippen MR) is 165 cm³/mol. The van der Waals surface area contributed by atoms with Crippen molar-refractivity contribution >= 4 is 39.1 Å². The van der Waals surface area contributed by atoms with Gasteiger partial charge in [0.15, 0.2) is 0 Å². The van der Waals surface area contributed by atoms with Gasteiger partial charge >= 0.3 is 0 Å². The molecule has 4 rings (SSSR count). The fraction of sp³-hybridized carbons (Fsp3) is 0.375. The van der Waals surface area contributed by atoms with Crippen LogP contribution in [0, 0.1) is 0 Å². The molecule has 1 atom stereocenters. The molecule has 3 aromatic rings. The van der Waals surface area contributed by atoms with E-state index in [0.29, 0.717) is 22.9 Å². The summed E-state index contributed by atoms with van der Waals surface area (Å²) < 4.78 is 34.9. The number of para-hydroxylation sites is 2. The second-order valence-electron chi connectivity index (χ2n) is 10.4. The van der Waals surface area contributed by atoms with Crippen LogP contribution >= 0.6 is 11.6 Å². The van der Waals surface area contributed by atoms with Crippen LogP contribution in [0.15, 0.2) is 83.8 Å². The van der Waals surface area contributed by atoms with Crippen molar-refractivity contribution in [1.82, 2.24) is 10.2 Å². The Morgan fingerprint density at radius 3 is 2.29 bits per heavy atom. The van der Waals surface area contributed by atoms with Crippen LogP contribution in [0.4, 0.5) is 5.69 Å². The SMILES string of the molecule is CCOc1ccccc1N(CC(=O)N(Cc1ccccc1Cl)C(C)C(=O)NC1CCCCC1)S(=O)(=O)c1ccccc1. The quantitative estimate of drug-likeness (QED) is 0.279. The standard InChI is InChI=1S/C32H38ClN3O5S/c1-3-41-30-21-13-12-20-29(30)36(42(39,40)27-17-8-5-9-18-27)23-31(37)35(22-25-14-10-11-19-28(25)33)24(2)32(38)34-26-15-6-4-7-16-26/h5,8-14,17-21,24,26H,3-4,6-7,15-16,22-23H2,1-2H3,(H,34,38). The minimum atomic E-state index is -4.19. The van der Waals surface area contributed by atoms with E-state index in [1.807, 2.05) is 0 Å². The molecule has 0 bridgehead atoms. The van der Waals surface area contributed by atoms with Crippen LogP contribution in [0.5, 0.6) is 5.75 Å². The van der Waals surface area contributed by atoms with Crippen LogP contribution in [-0.4, -0.2) is 50.4 Å². The van der Waals surface area contributed by atoms with Gasteiger partial charge in [-0.05, 0) is 62.6 Å². The Balaban J connectivity index is 1.71. The molecule has 0 spiro atoms. The van der Waals surface area contributed by atoms with Crippen LogP contribution in [0.1, 0.15) is 51.5 Å². The maximum Gasteiger partial charge on any atom is 0.264 e. The van der Waals surface area contributed by atoms with Gasteiger partial charge in [-0.15, -0.1) is 0 Å². The molecule has 1 fully saturated rings. The fourth-order valence-corrected chi connectivity index (χ4v) is 6.78. The van der Waals surface area contributed by atoms with Gasteiger partial charge in [-0.1, -0.05) is 79.4 Å². The Bertz CT molecular complexity index is 1460. The maximum absolute atomic E-state index is 14.2. The lowest BCUT2D eigenvalue weighted by Crippen LogP contribution is -2.53. The summed E-state index contributed by atoms with van der Waals surface area (Å²) in [4.78, 5) is 29.1. The van der Waals surface area contributed by atoms with E-state index in [2.05, 4.69) is 5.32 Å². The first-order valence-electron chi connectivity index (χ1n) is 14.3. The number of anilines is 1. The van der Waals surface area contributed by atoms with E-state index in [0.717, 1.165) is 36.4 Å². The molecule has 2 amide bonds. The first kappa shape index (κ1) is 31.4. The highest BCUT2D eigenvalue weighted by atomic mass is 35.5. The summed E-state index contributed by atoms with van der Waals surface area (Å²) in [5, 5.41) is 3.55. The van der Waals surface area contributed by atoms with E-state index in [-0.39, 0.29) is 29.1 Å². The number of benzene rings is 3. The second kappa shape index (κ2) is 14.6. The van der Waals surface area contributed by atoms with Crippen molar-refractivity contribution in [1.29, 1.82) is 0 Å². The molecule has 0 aliphatic heterocycles. The first-order valence-corrected chi connectivity index (χ1v) is 16.2. The van der Waals surface area contributed by atoms with Gasteiger partial charge in [-0.3, -0.25) is 13.9 Å². The Kier molecular flexibility index (Phi) is 10.9. The predicted octanol–water partition coefficient (Wildman–Crippen LogP) is 5.80. The van der Waals surface area contributed by atoms with Gasteiger partial charge in [0.1, 0.15) is 18.3 Å². The minimum Gasteiger partial charge on any atom is -0.492 e. The normalized spacial score (nSPS) is 14.5. The summed E-state index contributed by atoms with van der Waals surface area (Å²) in [6.07, 6.45) is 5.04. The summed E-state index contributed by atoms with van der Waals surface area (Å²) in [5.74, 6) is -0.505. The largest absolute Gasteiger partial charge is 0.492 e. The number of hydrogen-bond acceptors (Lipinski definition) is 5. The molecule has 1 aliphatic carbocycles. The van der Waals surface area contributed by atoms with Crippen molar-refractivity contribution in [2.45, 2.75) is 69.5 Å². The Labute approximate surface area is 253 Å². The molecule has 10 heteroatoms. The van der Waals surface area contributed by atoms with Gasteiger partial charge in [0, 0.05) is 17.6 Å². The third kappa shape index (κ3) is 7.63. The van der Waals surface area contributed by atoms with Crippen molar-refractivity contribution in [3.63, 3.8) is 0 Å². The van der Waals surface area contributed by atoms with Gasteiger partial charge < -0.3 is 15.0 Å². The highest BCUT2D eigenvalue weighted by Gasteiger charge is 2.34. The lowest BCUT2D eigenvalue weighted by Gasteiger charge is -2.33. The van der Waals surface area contributed by atoms with E-state index in [1.165, 1.54) is 17.0 Å². The Hall–Kier alpha value is -3.56. The van der Waals surface area contributed by atoms with Crippen LogP contribution in [0.2, 0.25) is 5.02 Å². The molecule has 0 saturated heterocycles. The molecule has 1 unspecified atom stereocenters. The molecule has 0 radical (unpaired) electrons. The molecule has 0 heterocycles. The number of carbonyl (C=O) groups is 2. The van der Waals surface area contributed by atoms with Crippen LogP contribution in [0.3, 0.4) is 0 Å². The molecule has 8 nitrogen and oxygen atoms in total. The third-order valence-corrected chi connectivity index (χ3v) is 9.60. The van der Waals surface area contributed by atoms with Crippen LogP contribution in [0.25, 0.3) is 0 Å². The number of nitrogens with one attached hydrogen (secondary N) is 1. The molecular weight excluding hydrogens is 574 g/mol. The Morgan fingerprint density at radius 1 is 0.952 bits per heavy atom. The number of rotatable bonds is 12. The number of amides is 2. The van der Waals surface area contributed by atoms with Crippen LogP contribution < -0.4 is 14.4 Å². The van der Waals surface area contributed by atoms with Crippen molar-refractivity contribution in [2.75, 3.05) is 17.5 Å². The minimum absolute atomic E-state index is 0.0318. The second-order valence-corrected chi connectivity index (χ2v) is 12.6. The van der Waals surface area contributed by atoms with Gasteiger partial charge in [0.2, 0.25) is 11.8 Å². The topological polar surface area (TPSA) is 96.0 Å². The molecule has 42 heavy (non-hydrogen) atoms. The zero-order chi connectivity index (χ0) is 30.1. The van der Waals surface area contributed by atoms with Gasteiger partial charge in [-0.25, -0.2) is 8.42 Å². The van der Waals surface area contributed by atoms with Crippen molar-refractivity contribution in [3.8, 4) is 5.75 Å².